The quantitative estimate of drug-likeness (QED) is 0.648. The molecule has 1 N–H and O–H groups in total. The lowest BCUT2D eigenvalue weighted by atomic mass is 10.2. The van der Waals surface area contributed by atoms with Gasteiger partial charge >= 0.3 is 5.97 Å². The SMILES string of the molecule is CCN(CC)S(=O)(=O)c1cccc(NC(=O)COC(=O)Cc2ccccc2)c1. The van der Waals surface area contributed by atoms with Gasteiger partial charge in [0.15, 0.2) is 6.61 Å². The van der Waals surface area contributed by atoms with Gasteiger partial charge in [0, 0.05) is 18.8 Å². The molecule has 2 rings (SSSR count). The lowest BCUT2D eigenvalue weighted by Gasteiger charge is -2.18. The molecule has 28 heavy (non-hydrogen) atoms. The number of hydrogen-bond acceptors (Lipinski definition) is 5. The number of carbonyl (C=O) groups is 2. The molecule has 0 heterocycles. The molecule has 0 aliphatic heterocycles. The minimum absolute atomic E-state index is 0.0751. The fraction of sp³-hybridized carbons (Fsp3) is 0.300. The van der Waals surface area contributed by atoms with Crippen LogP contribution in [0.3, 0.4) is 0 Å². The summed E-state index contributed by atoms with van der Waals surface area (Å²) in [6.45, 7) is 3.78. The molecule has 0 unspecified atom stereocenters. The Hall–Kier alpha value is -2.71. The van der Waals surface area contributed by atoms with Crippen LogP contribution >= 0.6 is 0 Å². The summed E-state index contributed by atoms with van der Waals surface area (Å²) in [5, 5.41) is 2.55. The standard InChI is InChI=1S/C20H24N2O5S/c1-3-22(4-2)28(25,26)18-12-8-11-17(14-18)21-19(23)15-27-20(24)13-16-9-6-5-7-10-16/h5-12,14H,3-4,13,15H2,1-2H3,(H,21,23). The normalized spacial score (nSPS) is 11.2. The van der Waals surface area contributed by atoms with E-state index >= 15 is 0 Å². The number of rotatable bonds is 9. The molecule has 2 aromatic rings. The molecule has 0 saturated heterocycles. The summed E-state index contributed by atoms with van der Waals surface area (Å²) >= 11 is 0. The average Bonchev–Trinajstić information content (AvgIpc) is 2.68. The molecule has 8 heteroatoms. The van der Waals surface area contributed by atoms with E-state index in [1.807, 2.05) is 18.2 Å². The number of anilines is 1. The third-order valence-corrected chi connectivity index (χ3v) is 6.06. The van der Waals surface area contributed by atoms with E-state index in [9.17, 15) is 18.0 Å². The molecule has 0 spiro atoms. The lowest BCUT2D eigenvalue weighted by molar-refractivity contribution is -0.146. The fourth-order valence-electron chi connectivity index (χ4n) is 2.60. The molecule has 0 bridgehead atoms. The average molecular weight is 404 g/mol. The summed E-state index contributed by atoms with van der Waals surface area (Å²) in [6.07, 6.45) is 0.0751. The van der Waals surface area contributed by atoms with Crippen LogP contribution < -0.4 is 5.32 Å². The molecule has 0 saturated carbocycles. The van der Waals surface area contributed by atoms with E-state index in [1.165, 1.54) is 16.4 Å². The van der Waals surface area contributed by atoms with Crippen molar-refractivity contribution in [2.45, 2.75) is 25.2 Å². The van der Waals surface area contributed by atoms with Crippen LogP contribution in [0.2, 0.25) is 0 Å². The number of nitrogens with one attached hydrogen (secondary N) is 1. The second-order valence-corrected chi connectivity index (χ2v) is 7.93. The predicted octanol–water partition coefficient (Wildman–Crippen LogP) is 2.44. The van der Waals surface area contributed by atoms with Gasteiger partial charge in [-0.1, -0.05) is 50.2 Å². The number of ether oxygens (including phenoxy) is 1. The largest absolute Gasteiger partial charge is 0.455 e. The van der Waals surface area contributed by atoms with Crippen LogP contribution in [0.15, 0.2) is 59.5 Å². The Bertz CT molecular complexity index is 909. The topological polar surface area (TPSA) is 92.8 Å². The van der Waals surface area contributed by atoms with Gasteiger partial charge in [-0.05, 0) is 23.8 Å². The Morgan fingerprint density at radius 2 is 1.68 bits per heavy atom. The highest BCUT2D eigenvalue weighted by Gasteiger charge is 2.21. The molecule has 0 aliphatic carbocycles. The summed E-state index contributed by atoms with van der Waals surface area (Å²) in [6, 6.07) is 15.0. The number of hydrogen-bond donors (Lipinski definition) is 1. The Morgan fingerprint density at radius 3 is 2.32 bits per heavy atom. The van der Waals surface area contributed by atoms with Crippen molar-refractivity contribution in [3.8, 4) is 0 Å². The smallest absolute Gasteiger partial charge is 0.310 e. The molecular weight excluding hydrogens is 380 g/mol. The van der Waals surface area contributed by atoms with E-state index in [2.05, 4.69) is 5.32 Å². The summed E-state index contributed by atoms with van der Waals surface area (Å²) < 4.78 is 31.4. The van der Waals surface area contributed by atoms with Crippen LogP contribution in [-0.2, 0) is 30.8 Å². The second kappa shape index (κ2) is 10.0. The summed E-state index contributed by atoms with van der Waals surface area (Å²) in [5.74, 6) is -1.06. The number of benzene rings is 2. The third-order valence-electron chi connectivity index (χ3n) is 4.02. The van der Waals surface area contributed by atoms with Gasteiger partial charge in [-0.15, -0.1) is 0 Å². The Balaban J connectivity index is 1.94. The first-order chi connectivity index (χ1) is 13.4. The van der Waals surface area contributed by atoms with Crippen LogP contribution in [0.4, 0.5) is 5.69 Å². The number of esters is 1. The Morgan fingerprint density at radius 1 is 1.00 bits per heavy atom. The van der Waals surface area contributed by atoms with Crippen molar-refractivity contribution >= 4 is 27.6 Å². The van der Waals surface area contributed by atoms with Gasteiger partial charge in [-0.3, -0.25) is 9.59 Å². The molecule has 7 nitrogen and oxygen atoms in total. The van der Waals surface area contributed by atoms with E-state index in [-0.39, 0.29) is 11.3 Å². The van der Waals surface area contributed by atoms with Gasteiger partial charge in [0.2, 0.25) is 10.0 Å². The van der Waals surface area contributed by atoms with Gasteiger partial charge in [-0.25, -0.2) is 8.42 Å². The van der Waals surface area contributed by atoms with E-state index in [1.54, 1.807) is 38.1 Å². The zero-order valence-electron chi connectivity index (χ0n) is 15.9. The van der Waals surface area contributed by atoms with Crippen molar-refractivity contribution in [2.24, 2.45) is 0 Å². The van der Waals surface area contributed by atoms with Crippen molar-refractivity contribution in [1.29, 1.82) is 0 Å². The van der Waals surface area contributed by atoms with Crippen molar-refractivity contribution in [1.82, 2.24) is 4.31 Å². The third kappa shape index (κ3) is 5.90. The number of amides is 1. The second-order valence-electron chi connectivity index (χ2n) is 5.99. The van der Waals surface area contributed by atoms with Crippen LogP contribution in [0, 0.1) is 0 Å². The van der Waals surface area contributed by atoms with Crippen LogP contribution in [0.25, 0.3) is 0 Å². The lowest BCUT2D eigenvalue weighted by Crippen LogP contribution is -2.30. The molecule has 0 fully saturated rings. The molecule has 0 aromatic heterocycles. The minimum atomic E-state index is -3.62. The van der Waals surface area contributed by atoms with Gasteiger partial charge in [0.1, 0.15) is 0 Å². The number of sulfonamides is 1. The first kappa shape index (κ1) is 21.6. The van der Waals surface area contributed by atoms with Crippen molar-refractivity contribution in [2.75, 3.05) is 25.0 Å². The maximum Gasteiger partial charge on any atom is 0.310 e. The predicted molar refractivity (Wildman–Crippen MR) is 106 cm³/mol. The highest BCUT2D eigenvalue weighted by Crippen LogP contribution is 2.19. The van der Waals surface area contributed by atoms with E-state index in [0.29, 0.717) is 18.8 Å². The molecule has 0 radical (unpaired) electrons. The molecule has 0 aliphatic rings. The highest BCUT2D eigenvalue weighted by molar-refractivity contribution is 7.89. The van der Waals surface area contributed by atoms with E-state index in [0.717, 1.165) is 5.56 Å². The molecule has 150 valence electrons. The highest BCUT2D eigenvalue weighted by atomic mass is 32.2. The number of nitrogens with zero attached hydrogens (tertiary/aromatic N) is 1. The first-order valence-corrected chi connectivity index (χ1v) is 10.4. The maximum absolute atomic E-state index is 12.6. The van der Waals surface area contributed by atoms with Gasteiger partial charge < -0.3 is 10.1 Å². The van der Waals surface area contributed by atoms with E-state index in [4.69, 9.17) is 4.74 Å². The first-order valence-electron chi connectivity index (χ1n) is 8.96. The molecule has 0 atom stereocenters. The van der Waals surface area contributed by atoms with Gasteiger partial charge in [-0.2, -0.15) is 4.31 Å². The Labute approximate surface area is 165 Å². The Kier molecular flexibility index (Phi) is 7.71. The zero-order valence-corrected chi connectivity index (χ0v) is 16.7. The summed E-state index contributed by atoms with van der Waals surface area (Å²) in [5.41, 5.74) is 1.11. The summed E-state index contributed by atoms with van der Waals surface area (Å²) in [7, 11) is -3.62. The van der Waals surface area contributed by atoms with Crippen LogP contribution in [-0.4, -0.2) is 44.3 Å². The van der Waals surface area contributed by atoms with E-state index < -0.39 is 28.5 Å². The molecule has 1 amide bonds. The van der Waals surface area contributed by atoms with Crippen molar-refractivity contribution in [3.63, 3.8) is 0 Å². The fourth-order valence-corrected chi connectivity index (χ4v) is 4.11. The van der Waals surface area contributed by atoms with Crippen molar-refractivity contribution < 1.29 is 22.7 Å². The van der Waals surface area contributed by atoms with Crippen LogP contribution in [0.5, 0.6) is 0 Å². The maximum atomic E-state index is 12.6. The van der Waals surface area contributed by atoms with Crippen molar-refractivity contribution in [3.05, 3.63) is 60.2 Å². The summed E-state index contributed by atoms with van der Waals surface area (Å²) in [4.78, 5) is 23.9. The molecular formula is C20H24N2O5S. The monoisotopic (exact) mass is 404 g/mol. The van der Waals surface area contributed by atoms with Gasteiger partial charge in [0.25, 0.3) is 5.91 Å². The zero-order chi connectivity index (χ0) is 20.6. The number of carbonyl (C=O) groups excluding carboxylic acids is 2. The van der Waals surface area contributed by atoms with Gasteiger partial charge in [0.05, 0.1) is 11.3 Å². The van der Waals surface area contributed by atoms with Crippen LogP contribution in [0.1, 0.15) is 19.4 Å². The minimum Gasteiger partial charge on any atom is -0.455 e. The molecule has 2 aromatic carbocycles.